The Morgan fingerprint density at radius 2 is 2.04 bits per heavy atom. The maximum absolute atomic E-state index is 11.9. The molecule has 1 N–H and O–H groups in total. The summed E-state index contributed by atoms with van der Waals surface area (Å²) in [6.07, 6.45) is 6.83. The second-order valence-electron chi connectivity index (χ2n) is 4.98. The summed E-state index contributed by atoms with van der Waals surface area (Å²) in [6.45, 7) is 1.52. The Kier molecular flexibility index (Phi) is 4.77. The van der Waals surface area contributed by atoms with Crippen LogP contribution >= 0.6 is 11.8 Å². The van der Waals surface area contributed by atoms with E-state index in [1.807, 2.05) is 6.07 Å². The first-order chi connectivity index (χ1) is 11.6. The SMILES string of the molecule is CC(=O)c1ccc(N=C2NC(=O)/C(=C\C=C\c3ccco3)S2)cc1. The summed E-state index contributed by atoms with van der Waals surface area (Å²) in [5.74, 6) is 0.532. The molecule has 120 valence electrons. The fourth-order valence-electron chi connectivity index (χ4n) is 2.00. The van der Waals surface area contributed by atoms with Crippen LogP contribution in [0, 0.1) is 0 Å². The number of allylic oxidation sites excluding steroid dienone is 2. The van der Waals surface area contributed by atoms with E-state index in [0.29, 0.717) is 21.3 Å². The third-order valence-corrected chi connectivity index (χ3v) is 4.13. The Labute approximate surface area is 143 Å². The van der Waals surface area contributed by atoms with Crippen molar-refractivity contribution in [2.75, 3.05) is 0 Å². The summed E-state index contributed by atoms with van der Waals surface area (Å²) >= 11 is 1.26. The molecule has 1 aromatic heterocycles. The van der Waals surface area contributed by atoms with Crippen molar-refractivity contribution in [3.8, 4) is 0 Å². The summed E-state index contributed by atoms with van der Waals surface area (Å²) in [6, 6.07) is 10.5. The van der Waals surface area contributed by atoms with Crippen LogP contribution in [-0.2, 0) is 4.79 Å². The molecule has 1 saturated heterocycles. The van der Waals surface area contributed by atoms with Crippen LogP contribution in [0.5, 0.6) is 0 Å². The molecule has 1 amide bonds. The van der Waals surface area contributed by atoms with Crippen molar-refractivity contribution in [1.82, 2.24) is 5.32 Å². The number of amidine groups is 1. The maximum atomic E-state index is 11.9. The highest BCUT2D eigenvalue weighted by atomic mass is 32.2. The number of rotatable bonds is 4. The van der Waals surface area contributed by atoms with Gasteiger partial charge in [-0.05, 0) is 67.2 Å². The van der Waals surface area contributed by atoms with Crippen molar-refractivity contribution in [2.24, 2.45) is 4.99 Å². The number of amides is 1. The molecule has 2 aromatic rings. The van der Waals surface area contributed by atoms with Gasteiger partial charge in [0, 0.05) is 5.56 Å². The molecule has 0 unspecified atom stereocenters. The molecule has 1 aliphatic rings. The number of aliphatic imine (C=N–C) groups is 1. The molecule has 6 heteroatoms. The summed E-state index contributed by atoms with van der Waals surface area (Å²) in [4.78, 5) is 28.1. The predicted octanol–water partition coefficient (Wildman–Crippen LogP) is 3.93. The van der Waals surface area contributed by atoms with Crippen molar-refractivity contribution < 1.29 is 14.0 Å². The van der Waals surface area contributed by atoms with Gasteiger partial charge in [0.25, 0.3) is 5.91 Å². The number of carbonyl (C=O) groups is 2. The number of nitrogens with zero attached hydrogens (tertiary/aromatic N) is 1. The molecule has 1 aliphatic heterocycles. The van der Waals surface area contributed by atoms with E-state index >= 15 is 0 Å². The number of furan rings is 1. The van der Waals surface area contributed by atoms with Crippen LogP contribution < -0.4 is 5.32 Å². The molecule has 0 atom stereocenters. The first-order valence-electron chi connectivity index (χ1n) is 7.22. The number of carbonyl (C=O) groups excluding carboxylic acids is 2. The molecule has 0 spiro atoms. The van der Waals surface area contributed by atoms with Gasteiger partial charge in [-0.1, -0.05) is 6.08 Å². The number of nitrogens with one attached hydrogen (secondary N) is 1. The highest BCUT2D eigenvalue weighted by Gasteiger charge is 2.23. The van der Waals surface area contributed by atoms with Crippen LogP contribution in [0.25, 0.3) is 6.08 Å². The molecule has 1 aromatic carbocycles. The third-order valence-electron chi connectivity index (χ3n) is 3.21. The van der Waals surface area contributed by atoms with E-state index in [9.17, 15) is 9.59 Å². The van der Waals surface area contributed by atoms with Crippen molar-refractivity contribution in [3.05, 3.63) is 71.0 Å². The number of thioether (sulfide) groups is 1. The zero-order valence-corrected chi connectivity index (χ0v) is 13.7. The molecule has 3 rings (SSSR count). The molecule has 2 heterocycles. The van der Waals surface area contributed by atoms with Gasteiger partial charge in [0.15, 0.2) is 11.0 Å². The van der Waals surface area contributed by atoms with E-state index in [2.05, 4.69) is 10.3 Å². The lowest BCUT2D eigenvalue weighted by Crippen LogP contribution is -2.19. The fraction of sp³-hybridized carbons (Fsp3) is 0.0556. The van der Waals surface area contributed by atoms with Crippen LogP contribution in [0.2, 0.25) is 0 Å². The number of hydrogen-bond acceptors (Lipinski definition) is 5. The summed E-state index contributed by atoms with van der Waals surface area (Å²) < 4.78 is 5.18. The first-order valence-corrected chi connectivity index (χ1v) is 8.04. The van der Waals surface area contributed by atoms with E-state index in [-0.39, 0.29) is 11.7 Å². The Morgan fingerprint density at radius 3 is 2.71 bits per heavy atom. The van der Waals surface area contributed by atoms with Crippen LogP contribution in [0.1, 0.15) is 23.0 Å². The van der Waals surface area contributed by atoms with Crippen molar-refractivity contribution in [1.29, 1.82) is 0 Å². The fourth-order valence-corrected chi connectivity index (χ4v) is 2.79. The molecular weight excluding hydrogens is 324 g/mol. The molecule has 0 radical (unpaired) electrons. The van der Waals surface area contributed by atoms with Gasteiger partial charge in [0.1, 0.15) is 5.76 Å². The second-order valence-corrected chi connectivity index (χ2v) is 6.01. The minimum absolute atomic E-state index is 0.00584. The van der Waals surface area contributed by atoms with E-state index in [0.717, 1.165) is 5.76 Å². The van der Waals surface area contributed by atoms with Crippen molar-refractivity contribution >= 4 is 40.4 Å². The van der Waals surface area contributed by atoms with Gasteiger partial charge < -0.3 is 9.73 Å². The summed E-state index contributed by atoms with van der Waals surface area (Å²) in [5, 5.41) is 3.22. The van der Waals surface area contributed by atoms with Gasteiger partial charge >= 0.3 is 0 Å². The number of benzene rings is 1. The molecule has 0 aliphatic carbocycles. The Hall–Kier alpha value is -2.86. The zero-order chi connectivity index (χ0) is 16.9. The highest BCUT2D eigenvalue weighted by Crippen LogP contribution is 2.26. The molecule has 24 heavy (non-hydrogen) atoms. The Balaban J connectivity index is 1.70. The highest BCUT2D eigenvalue weighted by molar-refractivity contribution is 8.18. The molecular formula is C18H14N2O3S. The monoisotopic (exact) mass is 338 g/mol. The topological polar surface area (TPSA) is 71.7 Å². The van der Waals surface area contributed by atoms with Crippen LogP contribution in [0.3, 0.4) is 0 Å². The lowest BCUT2D eigenvalue weighted by atomic mass is 10.1. The molecule has 5 nitrogen and oxygen atoms in total. The maximum Gasteiger partial charge on any atom is 0.264 e. The number of hydrogen-bond donors (Lipinski definition) is 1. The molecule has 0 bridgehead atoms. The van der Waals surface area contributed by atoms with E-state index < -0.39 is 0 Å². The lowest BCUT2D eigenvalue weighted by Gasteiger charge is -1.98. The zero-order valence-electron chi connectivity index (χ0n) is 12.9. The predicted molar refractivity (Wildman–Crippen MR) is 95.1 cm³/mol. The molecule has 1 fully saturated rings. The lowest BCUT2D eigenvalue weighted by molar-refractivity contribution is -0.115. The van der Waals surface area contributed by atoms with E-state index in [1.54, 1.807) is 54.8 Å². The van der Waals surface area contributed by atoms with E-state index in [1.165, 1.54) is 18.7 Å². The average Bonchev–Trinajstić information content (AvgIpc) is 3.18. The smallest absolute Gasteiger partial charge is 0.264 e. The van der Waals surface area contributed by atoms with Crippen LogP contribution in [0.15, 0.2) is 69.1 Å². The average molecular weight is 338 g/mol. The minimum atomic E-state index is -0.191. The van der Waals surface area contributed by atoms with Gasteiger partial charge in [-0.2, -0.15) is 0 Å². The first kappa shape index (κ1) is 16.0. The van der Waals surface area contributed by atoms with Crippen LogP contribution in [0.4, 0.5) is 5.69 Å². The van der Waals surface area contributed by atoms with Gasteiger partial charge in [0.2, 0.25) is 0 Å². The molecule has 0 saturated carbocycles. The largest absolute Gasteiger partial charge is 0.465 e. The van der Waals surface area contributed by atoms with Gasteiger partial charge in [-0.25, -0.2) is 4.99 Å². The second kappa shape index (κ2) is 7.14. The van der Waals surface area contributed by atoms with Crippen molar-refractivity contribution in [3.63, 3.8) is 0 Å². The quantitative estimate of drug-likeness (QED) is 0.677. The van der Waals surface area contributed by atoms with E-state index in [4.69, 9.17) is 4.42 Å². The third kappa shape index (κ3) is 3.91. The minimum Gasteiger partial charge on any atom is -0.465 e. The number of ketones is 1. The standard InChI is InChI=1S/C18H14N2O3S/c1-12(21)13-7-9-14(10-8-13)19-18-20-17(22)16(24-18)6-2-4-15-5-3-11-23-15/h2-11H,1H3,(H,19,20,22)/b4-2+,16-6+. The van der Waals surface area contributed by atoms with Crippen molar-refractivity contribution in [2.45, 2.75) is 6.92 Å². The van der Waals surface area contributed by atoms with Gasteiger partial charge in [-0.15, -0.1) is 0 Å². The van der Waals surface area contributed by atoms with Gasteiger partial charge in [0.05, 0.1) is 16.9 Å². The number of Topliss-reactive ketones (excluding diaryl/α,β-unsaturated/α-hetero) is 1. The normalized spacial score (nSPS) is 17.8. The van der Waals surface area contributed by atoms with Crippen LogP contribution in [-0.4, -0.2) is 16.9 Å². The summed E-state index contributed by atoms with van der Waals surface area (Å²) in [5.41, 5.74) is 1.31. The Bertz CT molecular complexity index is 847. The van der Waals surface area contributed by atoms with Gasteiger partial charge in [-0.3, -0.25) is 9.59 Å². The Morgan fingerprint density at radius 1 is 1.25 bits per heavy atom. The summed E-state index contributed by atoms with van der Waals surface area (Å²) in [7, 11) is 0.